The zero-order valence-electron chi connectivity index (χ0n) is 20.5. The van der Waals surface area contributed by atoms with Gasteiger partial charge in [0.25, 0.3) is 0 Å². The van der Waals surface area contributed by atoms with Crippen LogP contribution in [-0.2, 0) is 4.79 Å². The van der Waals surface area contributed by atoms with E-state index in [1.807, 2.05) is 64.1 Å². The van der Waals surface area contributed by atoms with Crippen LogP contribution < -0.4 is 14.8 Å². The van der Waals surface area contributed by atoms with Crippen LogP contribution in [0.15, 0.2) is 65.3 Å². The minimum Gasteiger partial charge on any atom is -0.497 e. The fourth-order valence-corrected chi connectivity index (χ4v) is 4.28. The van der Waals surface area contributed by atoms with Crippen LogP contribution in [0.1, 0.15) is 30.5 Å². The standard InChI is InChI=1S/C29H28ClNO4/c1-6-34-28-19(4)29-24(25(16-35-29)20-8-11-22(33-5)12-9-20)15-23(28)18(3)13-27(32)31-26-14-21(30)10-7-17(26)2/h7-16H,6H2,1-5H3,(H,31,32)/b18-13+. The molecular formula is C29H28ClNO4. The van der Waals surface area contributed by atoms with E-state index in [0.29, 0.717) is 23.1 Å². The second-order valence-electron chi connectivity index (χ2n) is 8.34. The van der Waals surface area contributed by atoms with E-state index < -0.39 is 0 Å². The summed E-state index contributed by atoms with van der Waals surface area (Å²) in [5, 5.41) is 4.44. The number of fused-ring (bicyclic) bond motifs is 1. The van der Waals surface area contributed by atoms with Gasteiger partial charge in [-0.3, -0.25) is 4.79 Å². The molecule has 0 radical (unpaired) electrons. The van der Waals surface area contributed by atoms with E-state index in [1.165, 1.54) is 0 Å². The maximum absolute atomic E-state index is 12.9. The molecule has 3 aromatic carbocycles. The van der Waals surface area contributed by atoms with Gasteiger partial charge in [-0.05, 0) is 74.7 Å². The van der Waals surface area contributed by atoms with Crippen molar-refractivity contribution < 1.29 is 18.7 Å². The van der Waals surface area contributed by atoms with E-state index >= 15 is 0 Å². The molecular weight excluding hydrogens is 462 g/mol. The zero-order chi connectivity index (χ0) is 25.1. The van der Waals surface area contributed by atoms with Crippen LogP contribution in [0.3, 0.4) is 0 Å². The van der Waals surface area contributed by atoms with Crippen LogP contribution in [0.5, 0.6) is 11.5 Å². The average Bonchev–Trinajstić information content (AvgIpc) is 3.27. The Morgan fingerprint density at radius 2 is 1.86 bits per heavy atom. The number of anilines is 1. The second-order valence-corrected chi connectivity index (χ2v) is 8.78. The topological polar surface area (TPSA) is 60.7 Å². The van der Waals surface area contributed by atoms with Gasteiger partial charge in [0, 0.05) is 38.9 Å². The summed E-state index contributed by atoms with van der Waals surface area (Å²) in [6.07, 6.45) is 3.34. The SMILES string of the molecule is CCOc1c(/C(C)=C/C(=O)Nc2cc(Cl)ccc2C)cc2c(-c3ccc(OC)cc3)coc2c1C. The number of halogens is 1. The number of aryl methyl sites for hydroxylation is 2. The molecule has 1 N–H and O–H groups in total. The number of rotatable bonds is 7. The molecule has 1 heterocycles. The first kappa shape index (κ1) is 24.4. The Hall–Kier alpha value is -3.70. The van der Waals surface area contributed by atoms with Crippen molar-refractivity contribution in [1.82, 2.24) is 0 Å². The van der Waals surface area contributed by atoms with Gasteiger partial charge in [0.1, 0.15) is 17.1 Å². The van der Waals surface area contributed by atoms with E-state index in [2.05, 4.69) is 5.32 Å². The number of hydrogen-bond donors (Lipinski definition) is 1. The van der Waals surface area contributed by atoms with Gasteiger partial charge in [-0.1, -0.05) is 29.8 Å². The van der Waals surface area contributed by atoms with Crippen molar-refractivity contribution in [3.63, 3.8) is 0 Å². The molecule has 0 spiro atoms. The smallest absolute Gasteiger partial charge is 0.248 e. The van der Waals surface area contributed by atoms with Gasteiger partial charge in [0.05, 0.1) is 20.0 Å². The van der Waals surface area contributed by atoms with Gasteiger partial charge < -0.3 is 19.2 Å². The maximum atomic E-state index is 12.9. The summed E-state index contributed by atoms with van der Waals surface area (Å²) < 4.78 is 17.3. The highest BCUT2D eigenvalue weighted by molar-refractivity contribution is 6.31. The van der Waals surface area contributed by atoms with E-state index in [0.717, 1.165) is 50.1 Å². The summed E-state index contributed by atoms with van der Waals surface area (Å²) in [4.78, 5) is 12.9. The number of carbonyl (C=O) groups is 1. The third-order valence-electron chi connectivity index (χ3n) is 5.96. The molecule has 0 atom stereocenters. The number of methoxy groups -OCH3 is 1. The minimum atomic E-state index is -0.240. The predicted molar refractivity (Wildman–Crippen MR) is 143 cm³/mol. The number of carbonyl (C=O) groups excluding carboxylic acids is 1. The van der Waals surface area contributed by atoms with Crippen LogP contribution in [-0.4, -0.2) is 19.6 Å². The molecule has 0 saturated carbocycles. The van der Waals surface area contributed by atoms with Crippen LogP contribution in [0, 0.1) is 13.8 Å². The molecule has 0 aliphatic rings. The van der Waals surface area contributed by atoms with E-state index in [-0.39, 0.29) is 5.91 Å². The number of benzene rings is 3. The normalized spacial score (nSPS) is 11.5. The lowest BCUT2D eigenvalue weighted by Gasteiger charge is -2.15. The second kappa shape index (κ2) is 10.3. The van der Waals surface area contributed by atoms with Gasteiger partial charge >= 0.3 is 0 Å². The number of nitrogens with one attached hydrogen (secondary N) is 1. The van der Waals surface area contributed by atoms with Gasteiger partial charge in [0.2, 0.25) is 5.91 Å². The van der Waals surface area contributed by atoms with Crippen LogP contribution in [0.2, 0.25) is 5.02 Å². The third-order valence-corrected chi connectivity index (χ3v) is 6.20. The molecule has 5 nitrogen and oxygen atoms in total. The summed E-state index contributed by atoms with van der Waals surface area (Å²) in [5.41, 5.74) is 6.84. The van der Waals surface area contributed by atoms with Crippen molar-refractivity contribution in [1.29, 1.82) is 0 Å². The van der Waals surface area contributed by atoms with Crippen molar-refractivity contribution in [2.75, 3.05) is 19.0 Å². The number of ether oxygens (including phenoxy) is 2. The summed E-state index contributed by atoms with van der Waals surface area (Å²) in [6, 6.07) is 15.3. The third kappa shape index (κ3) is 5.05. The number of hydrogen-bond acceptors (Lipinski definition) is 4. The highest BCUT2D eigenvalue weighted by Gasteiger charge is 2.19. The summed E-state index contributed by atoms with van der Waals surface area (Å²) in [7, 11) is 1.64. The fraction of sp³-hybridized carbons (Fsp3) is 0.207. The molecule has 0 bridgehead atoms. The zero-order valence-corrected chi connectivity index (χ0v) is 21.2. The predicted octanol–water partition coefficient (Wildman–Crippen LogP) is 7.82. The minimum absolute atomic E-state index is 0.240. The van der Waals surface area contributed by atoms with Crippen molar-refractivity contribution in [3.05, 3.63) is 82.6 Å². The fourth-order valence-electron chi connectivity index (χ4n) is 4.11. The van der Waals surface area contributed by atoms with Crippen LogP contribution in [0.4, 0.5) is 5.69 Å². The van der Waals surface area contributed by atoms with E-state index in [1.54, 1.807) is 31.6 Å². The quantitative estimate of drug-likeness (QED) is 0.269. The van der Waals surface area contributed by atoms with Crippen molar-refractivity contribution >= 4 is 39.7 Å². The maximum Gasteiger partial charge on any atom is 0.248 e. The lowest BCUT2D eigenvalue weighted by Crippen LogP contribution is -2.10. The number of allylic oxidation sites excluding steroid dienone is 1. The number of furan rings is 1. The summed E-state index contributed by atoms with van der Waals surface area (Å²) in [5.74, 6) is 1.25. The molecule has 4 rings (SSSR count). The van der Waals surface area contributed by atoms with Crippen molar-refractivity contribution in [3.8, 4) is 22.6 Å². The van der Waals surface area contributed by atoms with Crippen LogP contribution >= 0.6 is 11.6 Å². The largest absolute Gasteiger partial charge is 0.497 e. The van der Waals surface area contributed by atoms with Crippen LogP contribution in [0.25, 0.3) is 27.7 Å². The molecule has 180 valence electrons. The molecule has 4 aromatic rings. The Kier molecular flexibility index (Phi) is 7.17. The van der Waals surface area contributed by atoms with Crippen molar-refractivity contribution in [2.24, 2.45) is 0 Å². The lowest BCUT2D eigenvalue weighted by atomic mass is 9.96. The molecule has 1 aromatic heterocycles. The Morgan fingerprint density at radius 3 is 2.54 bits per heavy atom. The molecule has 1 amide bonds. The Labute approximate surface area is 210 Å². The highest BCUT2D eigenvalue weighted by Crippen LogP contribution is 2.41. The van der Waals surface area contributed by atoms with E-state index in [9.17, 15) is 4.79 Å². The summed E-state index contributed by atoms with van der Waals surface area (Å²) >= 11 is 6.10. The van der Waals surface area contributed by atoms with Gasteiger partial charge in [0.15, 0.2) is 0 Å². The first-order valence-electron chi connectivity index (χ1n) is 11.4. The van der Waals surface area contributed by atoms with Gasteiger partial charge in [-0.25, -0.2) is 0 Å². The Bertz CT molecular complexity index is 1420. The van der Waals surface area contributed by atoms with Crippen molar-refractivity contribution in [2.45, 2.75) is 27.7 Å². The first-order chi connectivity index (χ1) is 16.8. The Morgan fingerprint density at radius 1 is 1.11 bits per heavy atom. The molecule has 0 unspecified atom stereocenters. The monoisotopic (exact) mass is 489 g/mol. The van der Waals surface area contributed by atoms with Gasteiger partial charge in [-0.15, -0.1) is 0 Å². The molecule has 0 aliphatic carbocycles. The molecule has 0 aliphatic heterocycles. The molecule has 35 heavy (non-hydrogen) atoms. The highest BCUT2D eigenvalue weighted by atomic mass is 35.5. The first-order valence-corrected chi connectivity index (χ1v) is 11.8. The number of amides is 1. The molecule has 0 fully saturated rings. The molecule has 6 heteroatoms. The molecule has 0 saturated heterocycles. The lowest BCUT2D eigenvalue weighted by molar-refractivity contribution is -0.111. The van der Waals surface area contributed by atoms with Gasteiger partial charge in [-0.2, -0.15) is 0 Å². The van der Waals surface area contributed by atoms with E-state index in [4.69, 9.17) is 25.5 Å². The summed E-state index contributed by atoms with van der Waals surface area (Å²) in [6.45, 7) is 8.23. The Balaban J connectivity index is 1.77. The average molecular weight is 490 g/mol.